The van der Waals surface area contributed by atoms with Crippen molar-refractivity contribution in [2.75, 3.05) is 11.6 Å². The van der Waals surface area contributed by atoms with Crippen LogP contribution in [0.25, 0.3) is 0 Å². The summed E-state index contributed by atoms with van der Waals surface area (Å²) in [5.41, 5.74) is 1.08. The highest BCUT2D eigenvalue weighted by molar-refractivity contribution is 9.10. The highest BCUT2D eigenvalue weighted by Crippen LogP contribution is 2.21. The molecule has 0 aliphatic carbocycles. The van der Waals surface area contributed by atoms with Gasteiger partial charge in [-0.25, -0.2) is 13.4 Å². The van der Waals surface area contributed by atoms with Crippen LogP contribution in [0.1, 0.15) is 5.56 Å². The van der Waals surface area contributed by atoms with E-state index < -0.39 is 9.84 Å². The molecule has 1 aromatic carbocycles. The van der Waals surface area contributed by atoms with E-state index in [1.807, 2.05) is 6.07 Å². The first kappa shape index (κ1) is 14.4. The summed E-state index contributed by atoms with van der Waals surface area (Å²) in [5.74, 6) is 0.142. The second kappa shape index (κ2) is 5.56. The average Bonchev–Trinajstić information content (AvgIpc) is 2.40. The summed E-state index contributed by atoms with van der Waals surface area (Å²) in [6.45, 7) is 0. The fourth-order valence-corrected chi connectivity index (χ4v) is 3.20. The van der Waals surface area contributed by atoms with Gasteiger partial charge in [0.2, 0.25) is 5.95 Å². The van der Waals surface area contributed by atoms with Gasteiger partial charge in [-0.05, 0) is 34.1 Å². The molecule has 0 aliphatic heterocycles. The zero-order valence-corrected chi connectivity index (χ0v) is 12.7. The SMILES string of the molecule is CS(=O)(=O)c1nc(Nc2cccc(C#N)c2)ncc1Br. The van der Waals surface area contributed by atoms with Crippen LogP contribution >= 0.6 is 15.9 Å². The van der Waals surface area contributed by atoms with Gasteiger partial charge >= 0.3 is 0 Å². The van der Waals surface area contributed by atoms with Crippen LogP contribution in [-0.4, -0.2) is 24.6 Å². The summed E-state index contributed by atoms with van der Waals surface area (Å²) in [6.07, 6.45) is 2.43. The second-order valence-electron chi connectivity index (χ2n) is 3.94. The Morgan fingerprint density at radius 3 is 2.80 bits per heavy atom. The van der Waals surface area contributed by atoms with Crippen molar-refractivity contribution in [2.24, 2.45) is 0 Å². The van der Waals surface area contributed by atoms with Crippen LogP contribution in [0.5, 0.6) is 0 Å². The van der Waals surface area contributed by atoms with Gasteiger partial charge in [-0.15, -0.1) is 0 Å². The van der Waals surface area contributed by atoms with Crippen molar-refractivity contribution in [1.29, 1.82) is 5.26 Å². The fourth-order valence-electron chi connectivity index (χ4n) is 1.47. The highest BCUT2D eigenvalue weighted by atomic mass is 79.9. The minimum atomic E-state index is -3.45. The zero-order valence-electron chi connectivity index (χ0n) is 10.3. The molecule has 0 fully saturated rings. The molecule has 20 heavy (non-hydrogen) atoms. The molecule has 1 heterocycles. The smallest absolute Gasteiger partial charge is 0.228 e. The molecule has 6 nitrogen and oxygen atoms in total. The van der Waals surface area contributed by atoms with E-state index in [2.05, 4.69) is 31.2 Å². The van der Waals surface area contributed by atoms with Gasteiger partial charge in [0.15, 0.2) is 14.9 Å². The summed E-state index contributed by atoms with van der Waals surface area (Å²) in [5, 5.41) is 11.6. The van der Waals surface area contributed by atoms with Crippen molar-refractivity contribution in [3.8, 4) is 6.07 Å². The molecule has 0 bridgehead atoms. The maximum atomic E-state index is 11.6. The van der Waals surface area contributed by atoms with E-state index in [0.717, 1.165) is 6.26 Å². The first-order chi connectivity index (χ1) is 9.40. The monoisotopic (exact) mass is 352 g/mol. The first-order valence-corrected chi connectivity index (χ1v) is 8.08. The van der Waals surface area contributed by atoms with Gasteiger partial charge in [-0.2, -0.15) is 10.2 Å². The van der Waals surface area contributed by atoms with Crippen molar-refractivity contribution < 1.29 is 8.42 Å². The number of hydrogen-bond acceptors (Lipinski definition) is 6. The molecule has 0 radical (unpaired) electrons. The minimum Gasteiger partial charge on any atom is -0.324 e. The number of halogens is 1. The molecule has 1 N–H and O–H groups in total. The molecule has 102 valence electrons. The van der Waals surface area contributed by atoms with E-state index in [4.69, 9.17) is 5.26 Å². The van der Waals surface area contributed by atoms with E-state index in [0.29, 0.717) is 15.7 Å². The van der Waals surface area contributed by atoms with Crippen molar-refractivity contribution in [1.82, 2.24) is 9.97 Å². The zero-order chi connectivity index (χ0) is 14.8. The minimum absolute atomic E-state index is 0.0913. The lowest BCUT2D eigenvalue weighted by atomic mass is 10.2. The Bertz CT molecular complexity index is 799. The molecule has 0 atom stereocenters. The number of aromatic nitrogens is 2. The summed E-state index contributed by atoms with van der Waals surface area (Å²) >= 11 is 3.10. The third-order valence-corrected chi connectivity index (χ3v) is 4.17. The Kier molecular flexibility index (Phi) is 4.01. The lowest BCUT2D eigenvalue weighted by Crippen LogP contribution is -2.06. The van der Waals surface area contributed by atoms with Crippen molar-refractivity contribution >= 4 is 37.4 Å². The van der Waals surface area contributed by atoms with Crippen LogP contribution in [-0.2, 0) is 9.84 Å². The molecule has 0 unspecified atom stereocenters. The Labute approximate surface area is 124 Å². The first-order valence-electron chi connectivity index (χ1n) is 5.40. The number of rotatable bonds is 3. The second-order valence-corrected chi connectivity index (χ2v) is 6.72. The fraction of sp³-hybridized carbons (Fsp3) is 0.0833. The lowest BCUT2D eigenvalue weighted by molar-refractivity contribution is 0.597. The number of nitrogens with zero attached hydrogens (tertiary/aromatic N) is 3. The largest absolute Gasteiger partial charge is 0.324 e. The quantitative estimate of drug-likeness (QED) is 0.851. The van der Waals surface area contributed by atoms with Crippen molar-refractivity contribution in [3.05, 3.63) is 40.5 Å². The van der Waals surface area contributed by atoms with Crippen LogP contribution < -0.4 is 5.32 Å². The van der Waals surface area contributed by atoms with Crippen LogP contribution in [0.2, 0.25) is 0 Å². The highest BCUT2D eigenvalue weighted by Gasteiger charge is 2.15. The van der Waals surface area contributed by atoms with Gasteiger partial charge in [0, 0.05) is 18.1 Å². The average molecular weight is 353 g/mol. The summed E-state index contributed by atoms with van der Waals surface area (Å²) in [7, 11) is -3.45. The van der Waals surface area contributed by atoms with E-state index in [1.54, 1.807) is 24.3 Å². The molecule has 2 rings (SSSR count). The third-order valence-electron chi connectivity index (χ3n) is 2.31. The molecule has 1 aromatic heterocycles. The molecule has 0 saturated heterocycles. The normalized spacial score (nSPS) is 10.8. The molecule has 0 spiro atoms. The van der Waals surface area contributed by atoms with E-state index in [1.165, 1.54) is 6.20 Å². The Morgan fingerprint density at radius 2 is 2.15 bits per heavy atom. The third kappa shape index (κ3) is 3.31. The number of anilines is 2. The van der Waals surface area contributed by atoms with Crippen molar-refractivity contribution in [2.45, 2.75) is 5.03 Å². The Morgan fingerprint density at radius 1 is 1.40 bits per heavy atom. The van der Waals surface area contributed by atoms with Gasteiger partial charge in [0.05, 0.1) is 16.1 Å². The molecular formula is C12H9BrN4O2S. The topological polar surface area (TPSA) is 95.7 Å². The molecule has 2 aromatic rings. The maximum absolute atomic E-state index is 11.6. The molecule has 8 heteroatoms. The molecular weight excluding hydrogens is 344 g/mol. The number of nitriles is 1. The van der Waals surface area contributed by atoms with E-state index >= 15 is 0 Å². The molecule has 0 amide bonds. The number of hydrogen-bond donors (Lipinski definition) is 1. The van der Waals surface area contributed by atoms with Crippen LogP contribution in [0.4, 0.5) is 11.6 Å². The summed E-state index contributed by atoms with van der Waals surface area (Å²) in [6, 6.07) is 8.73. The van der Waals surface area contributed by atoms with Crippen LogP contribution in [0, 0.1) is 11.3 Å². The van der Waals surface area contributed by atoms with Gasteiger partial charge < -0.3 is 5.32 Å². The van der Waals surface area contributed by atoms with Crippen molar-refractivity contribution in [3.63, 3.8) is 0 Å². The maximum Gasteiger partial charge on any atom is 0.228 e. The Hall–Kier alpha value is -1.98. The molecule has 0 saturated carbocycles. The summed E-state index contributed by atoms with van der Waals surface area (Å²) < 4.78 is 23.4. The van der Waals surface area contributed by atoms with Crippen LogP contribution in [0.15, 0.2) is 40.0 Å². The number of benzene rings is 1. The van der Waals surface area contributed by atoms with Gasteiger partial charge in [-0.3, -0.25) is 0 Å². The summed E-state index contributed by atoms with van der Waals surface area (Å²) in [4.78, 5) is 7.94. The number of nitrogens with one attached hydrogen (secondary N) is 1. The van der Waals surface area contributed by atoms with E-state index in [-0.39, 0.29) is 11.0 Å². The number of sulfone groups is 1. The molecule has 0 aliphatic rings. The predicted molar refractivity (Wildman–Crippen MR) is 77.3 cm³/mol. The van der Waals surface area contributed by atoms with Gasteiger partial charge in [-0.1, -0.05) is 6.07 Å². The lowest BCUT2D eigenvalue weighted by Gasteiger charge is -2.07. The predicted octanol–water partition coefficient (Wildman–Crippen LogP) is 2.26. The van der Waals surface area contributed by atoms with E-state index in [9.17, 15) is 8.42 Å². The van der Waals surface area contributed by atoms with Crippen LogP contribution in [0.3, 0.4) is 0 Å². The van der Waals surface area contributed by atoms with Gasteiger partial charge in [0.25, 0.3) is 0 Å². The standard InChI is InChI=1S/C12H9BrN4O2S/c1-20(18,19)11-10(13)7-15-12(17-11)16-9-4-2-3-8(5-9)6-14/h2-5,7H,1H3,(H,15,16,17). The Balaban J connectivity index is 2.38. The van der Waals surface area contributed by atoms with Gasteiger partial charge in [0.1, 0.15) is 0 Å².